The third-order valence-electron chi connectivity index (χ3n) is 2.55. The Balaban J connectivity index is 2.10. The number of hydrogen-bond donors (Lipinski definition) is 1. The van der Waals surface area contributed by atoms with Crippen molar-refractivity contribution in [3.8, 4) is 0 Å². The highest BCUT2D eigenvalue weighted by atomic mass is 32.2. The Bertz CT molecular complexity index is 438. The molecule has 15 heavy (non-hydrogen) atoms. The van der Waals surface area contributed by atoms with Gasteiger partial charge in [0, 0.05) is 24.3 Å². The van der Waals surface area contributed by atoms with Gasteiger partial charge in [-0.05, 0) is 6.42 Å². The molecule has 0 saturated carbocycles. The van der Waals surface area contributed by atoms with Crippen molar-refractivity contribution in [2.75, 3.05) is 18.1 Å². The summed E-state index contributed by atoms with van der Waals surface area (Å²) in [6.07, 6.45) is 1.24. The largest absolute Gasteiger partial charge is 0.396 e. The molecule has 1 fully saturated rings. The summed E-state index contributed by atoms with van der Waals surface area (Å²) in [4.78, 5) is 4.34. The molecule has 1 N–H and O–H groups in total. The molecule has 6 heteroatoms. The van der Waals surface area contributed by atoms with Gasteiger partial charge in [-0.1, -0.05) is 0 Å². The third kappa shape index (κ3) is 2.56. The van der Waals surface area contributed by atoms with E-state index in [4.69, 9.17) is 5.11 Å². The molecule has 1 aromatic heterocycles. The Kier molecular flexibility index (Phi) is 3.08. The first-order valence-electron chi connectivity index (χ1n) is 4.86. The number of aliphatic hydroxyl groups is 1. The molecule has 1 aliphatic heterocycles. The van der Waals surface area contributed by atoms with Gasteiger partial charge in [0.15, 0.2) is 9.84 Å². The summed E-state index contributed by atoms with van der Waals surface area (Å²) in [5.74, 6) is 0.582. The van der Waals surface area contributed by atoms with Crippen LogP contribution in [0.1, 0.15) is 23.0 Å². The quantitative estimate of drug-likeness (QED) is 0.848. The van der Waals surface area contributed by atoms with Crippen molar-refractivity contribution in [2.45, 2.75) is 18.8 Å². The lowest BCUT2D eigenvalue weighted by atomic mass is 10.1. The molecule has 84 valence electrons. The fourth-order valence-electron chi connectivity index (χ4n) is 1.75. The zero-order valence-electron chi connectivity index (χ0n) is 8.22. The zero-order chi connectivity index (χ0) is 10.9. The van der Waals surface area contributed by atoms with Crippen LogP contribution in [0.3, 0.4) is 0 Å². The molecular formula is C9H13NO3S2. The average molecular weight is 247 g/mol. The molecule has 0 radical (unpaired) electrons. The fourth-order valence-corrected chi connectivity index (χ4v) is 4.38. The molecule has 1 unspecified atom stereocenters. The highest BCUT2D eigenvalue weighted by Crippen LogP contribution is 2.29. The van der Waals surface area contributed by atoms with E-state index in [0.717, 1.165) is 10.7 Å². The molecule has 0 aromatic carbocycles. The molecule has 1 aliphatic rings. The van der Waals surface area contributed by atoms with Crippen LogP contribution in [0.4, 0.5) is 0 Å². The van der Waals surface area contributed by atoms with E-state index in [-0.39, 0.29) is 24.0 Å². The van der Waals surface area contributed by atoms with Gasteiger partial charge in [0.05, 0.1) is 22.2 Å². The van der Waals surface area contributed by atoms with Crippen LogP contribution in [0.5, 0.6) is 0 Å². The highest BCUT2D eigenvalue weighted by Gasteiger charge is 2.30. The Morgan fingerprint density at radius 2 is 2.40 bits per heavy atom. The van der Waals surface area contributed by atoms with E-state index < -0.39 is 9.84 Å². The van der Waals surface area contributed by atoms with E-state index in [1.807, 2.05) is 5.38 Å². The fraction of sp³-hybridized carbons (Fsp3) is 0.667. The summed E-state index contributed by atoms with van der Waals surface area (Å²) < 4.78 is 22.6. The molecule has 0 spiro atoms. The number of aromatic nitrogens is 1. The van der Waals surface area contributed by atoms with Crippen molar-refractivity contribution >= 4 is 21.2 Å². The van der Waals surface area contributed by atoms with Gasteiger partial charge in [0.2, 0.25) is 0 Å². The number of aliphatic hydroxyl groups excluding tert-OH is 1. The van der Waals surface area contributed by atoms with Crippen LogP contribution in [0.2, 0.25) is 0 Å². The van der Waals surface area contributed by atoms with Gasteiger partial charge in [0.25, 0.3) is 0 Å². The van der Waals surface area contributed by atoms with E-state index in [9.17, 15) is 8.42 Å². The van der Waals surface area contributed by atoms with Crippen LogP contribution in [-0.4, -0.2) is 36.6 Å². The second-order valence-electron chi connectivity index (χ2n) is 3.74. The molecule has 4 nitrogen and oxygen atoms in total. The van der Waals surface area contributed by atoms with Crippen LogP contribution in [0, 0.1) is 0 Å². The summed E-state index contributed by atoms with van der Waals surface area (Å²) >= 11 is 1.50. The second kappa shape index (κ2) is 4.19. The summed E-state index contributed by atoms with van der Waals surface area (Å²) in [5.41, 5.74) is 0.879. The van der Waals surface area contributed by atoms with Crippen LogP contribution in [0.15, 0.2) is 5.38 Å². The average Bonchev–Trinajstić information content (AvgIpc) is 2.73. The summed E-state index contributed by atoms with van der Waals surface area (Å²) in [6.45, 7) is 0.0932. The topological polar surface area (TPSA) is 67.3 Å². The van der Waals surface area contributed by atoms with Gasteiger partial charge in [0.1, 0.15) is 0 Å². The Morgan fingerprint density at radius 1 is 1.60 bits per heavy atom. The molecule has 1 saturated heterocycles. The first-order chi connectivity index (χ1) is 7.11. The maximum Gasteiger partial charge on any atom is 0.151 e. The van der Waals surface area contributed by atoms with E-state index >= 15 is 0 Å². The van der Waals surface area contributed by atoms with E-state index in [1.54, 1.807) is 0 Å². The number of thiazole rings is 1. The van der Waals surface area contributed by atoms with Crippen molar-refractivity contribution in [2.24, 2.45) is 0 Å². The summed E-state index contributed by atoms with van der Waals surface area (Å²) in [6, 6.07) is 0. The number of rotatable bonds is 3. The van der Waals surface area contributed by atoms with E-state index in [2.05, 4.69) is 4.98 Å². The number of sulfone groups is 1. The summed E-state index contributed by atoms with van der Waals surface area (Å²) in [7, 11) is -2.83. The van der Waals surface area contributed by atoms with Crippen molar-refractivity contribution in [1.82, 2.24) is 4.98 Å². The molecule has 0 aliphatic carbocycles. The van der Waals surface area contributed by atoms with Crippen molar-refractivity contribution < 1.29 is 13.5 Å². The predicted molar refractivity (Wildman–Crippen MR) is 58.9 cm³/mol. The Morgan fingerprint density at radius 3 is 3.00 bits per heavy atom. The van der Waals surface area contributed by atoms with Crippen LogP contribution in [-0.2, 0) is 16.3 Å². The first kappa shape index (κ1) is 11.0. The van der Waals surface area contributed by atoms with Crippen molar-refractivity contribution in [1.29, 1.82) is 0 Å². The van der Waals surface area contributed by atoms with Crippen LogP contribution >= 0.6 is 11.3 Å². The smallest absolute Gasteiger partial charge is 0.151 e. The van der Waals surface area contributed by atoms with Crippen molar-refractivity contribution in [3.05, 3.63) is 16.1 Å². The van der Waals surface area contributed by atoms with E-state index in [1.165, 1.54) is 11.3 Å². The molecule has 0 bridgehead atoms. The second-order valence-corrected chi connectivity index (χ2v) is 6.91. The van der Waals surface area contributed by atoms with Gasteiger partial charge in [-0.2, -0.15) is 0 Å². The minimum absolute atomic E-state index is 0.0682. The monoisotopic (exact) mass is 247 g/mol. The molecule has 0 amide bonds. The third-order valence-corrected chi connectivity index (χ3v) is 5.24. The van der Waals surface area contributed by atoms with Gasteiger partial charge in [-0.25, -0.2) is 13.4 Å². The summed E-state index contributed by atoms with van der Waals surface area (Å²) in [5, 5.41) is 11.5. The van der Waals surface area contributed by atoms with Gasteiger partial charge in [-0.3, -0.25) is 0 Å². The molecule has 2 heterocycles. The van der Waals surface area contributed by atoms with Gasteiger partial charge in [-0.15, -0.1) is 11.3 Å². The lowest BCUT2D eigenvalue weighted by Gasteiger charge is -2.01. The normalized spacial score (nSPS) is 24.5. The SMILES string of the molecule is O=S1(=O)CCC(c2csc(CCO)n2)C1. The molecule has 1 aromatic rings. The maximum atomic E-state index is 11.3. The zero-order valence-corrected chi connectivity index (χ0v) is 9.85. The molecule has 2 rings (SSSR count). The standard InChI is InChI=1S/C9H13NO3S2/c11-3-1-9-10-8(5-14-9)7-2-4-15(12,13)6-7/h5,7,11H,1-4,6H2. The minimum atomic E-state index is -2.83. The van der Waals surface area contributed by atoms with Gasteiger partial charge < -0.3 is 5.11 Å². The Labute approximate surface area is 92.9 Å². The van der Waals surface area contributed by atoms with Crippen LogP contribution in [0.25, 0.3) is 0 Å². The highest BCUT2D eigenvalue weighted by molar-refractivity contribution is 7.91. The predicted octanol–water partition coefficient (Wildman–Crippen LogP) is 0.580. The lowest BCUT2D eigenvalue weighted by molar-refractivity contribution is 0.299. The minimum Gasteiger partial charge on any atom is -0.396 e. The number of nitrogens with zero attached hydrogens (tertiary/aromatic N) is 1. The molecule has 1 atom stereocenters. The van der Waals surface area contributed by atoms with E-state index in [0.29, 0.717) is 12.8 Å². The lowest BCUT2D eigenvalue weighted by Crippen LogP contribution is -2.04. The van der Waals surface area contributed by atoms with Crippen molar-refractivity contribution in [3.63, 3.8) is 0 Å². The molecular weight excluding hydrogens is 234 g/mol. The Hall–Kier alpha value is -0.460. The maximum absolute atomic E-state index is 11.3. The first-order valence-corrected chi connectivity index (χ1v) is 7.56. The number of hydrogen-bond acceptors (Lipinski definition) is 5. The van der Waals surface area contributed by atoms with Crippen LogP contribution < -0.4 is 0 Å². The van der Waals surface area contributed by atoms with Gasteiger partial charge >= 0.3 is 0 Å².